The van der Waals surface area contributed by atoms with E-state index in [2.05, 4.69) is 37.2 Å². The lowest BCUT2D eigenvalue weighted by Gasteiger charge is -2.18. The highest BCUT2D eigenvalue weighted by Crippen LogP contribution is 2.44. The van der Waals surface area contributed by atoms with Crippen molar-refractivity contribution >= 4 is 51.1 Å². The van der Waals surface area contributed by atoms with E-state index in [1.54, 1.807) is 26.0 Å². The fourth-order valence-corrected chi connectivity index (χ4v) is 5.05. The van der Waals surface area contributed by atoms with Crippen LogP contribution in [0.1, 0.15) is 29.8 Å². The summed E-state index contributed by atoms with van der Waals surface area (Å²) in [5.41, 5.74) is 0.485. The number of halogens is 2. The molecule has 0 aliphatic rings. The van der Waals surface area contributed by atoms with Crippen LogP contribution in [0.2, 0.25) is 0 Å². The molecule has 2 atom stereocenters. The van der Waals surface area contributed by atoms with Crippen molar-refractivity contribution in [1.82, 2.24) is 5.32 Å². The first kappa shape index (κ1) is 25.4. The molecule has 31 heavy (non-hydrogen) atoms. The number of carboxylic acids is 1. The average molecular weight is 579 g/mol. The molecule has 2 unspecified atom stereocenters. The summed E-state index contributed by atoms with van der Waals surface area (Å²) in [7, 11) is -3.25. The summed E-state index contributed by atoms with van der Waals surface area (Å²) in [6.07, 6.45) is -0.00535. The van der Waals surface area contributed by atoms with Crippen LogP contribution in [0.3, 0.4) is 0 Å². The third kappa shape index (κ3) is 7.07. The van der Waals surface area contributed by atoms with Crippen LogP contribution in [0.4, 0.5) is 0 Å². The van der Waals surface area contributed by atoms with E-state index in [-0.39, 0.29) is 29.1 Å². The first-order valence-corrected chi connectivity index (χ1v) is 13.0. The Morgan fingerprint density at radius 2 is 1.74 bits per heavy atom. The Morgan fingerprint density at radius 1 is 1.16 bits per heavy atom. The second-order valence-corrected chi connectivity index (χ2v) is 11.5. The number of phenolic OH excluding ortho intramolecular Hbond substituents is 1. The van der Waals surface area contributed by atoms with Crippen LogP contribution in [0, 0.1) is 5.92 Å². The zero-order valence-corrected chi connectivity index (χ0v) is 21.0. The summed E-state index contributed by atoms with van der Waals surface area (Å²) in [6.45, 7) is 4.59. The van der Waals surface area contributed by atoms with E-state index in [0.29, 0.717) is 20.3 Å². The molecule has 0 aliphatic carbocycles. The Kier molecular flexibility index (Phi) is 8.33. The van der Waals surface area contributed by atoms with Crippen LogP contribution in [0.15, 0.2) is 39.3 Å². The minimum Gasteiger partial charge on any atom is -0.507 e. The number of carbonyl (C=O) groups excluding carboxylic acids is 1. The molecule has 0 fully saturated rings. The third-order valence-electron chi connectivity index (χ3n) is 4.19. The number of benzene rings is 2. The van der Waals surface area contributed by atoms with Crippen molar-refractivity contribution in [2.24, 2.45) is 5.92 Å². The van der Waals surface area contributed by atoms with Gasteiger partial charge in [0.15, 0.2) is 5.75 Å². The van der Waals surface area contributed by atoms with Crippen molar-refractivity contribution in [2.75, 3.05) is 6.66 Å². The fraction of sp³-hybridized carbons (Fsp3) is 0.300. The number of aliphatic carboxylic acids is 1. The number of hydrogen-bond donors (Lipinski definition) is 4. The van der Waals surface area contributed by atoms with Gasteiger partial charge in [0.25, 0.3) is 5.91 Å². The molecule has 0 spiro atoms. The standard InChI is InChI=1S/C20H22Br2NO7P/c1-10(2)17(20(26)27)23-19(25)13-8-12(4-5-16(13)24)30-18-14(21)6-11(7-15(18)22)9-31(3,28)29/h4-8,10,17,24H,9H2,1-3H3,(H,23,25)(H,26,27)(H,28,29). The molecule has 1 amide bonds. The summed E-state index contributed by atoms with van der Waals surface area (Å²) >= 11 is 6.74. The summed E-state index contributed by atoms with van der Waals surface area (Å²) in [4.78, 5) is 33.5. The summed E-state index contributed by atoms with van der Waals surface area (Å²) in [6, 6.07) is 6.20. The van der Waals surface area contributed by atoms with Crippen LogP contribution >= 0.6 is 39.2 Å². The van der Waals surface area contributed by atoms with Gasteiger partial charge in [-0.1, -0.05) is 13.8 Å². The zero-order valence-electron chi connectivity index (χ0n) is 16.9. The minimum absolute atomic E-state index is 0.00535. The first-order valence-electron chi connectivity index (χ1n) is 9.10. The van der Waals surface area contributed by atoms with Crippen LogP contribution < -0.4 is 10.1 Å². The van der Waals surface area contributed by atoms with Crippen molar-refractivity contribution in [3.05, 3.63) is 50.4 Å². The van der Waals surface area contributed by atoms with E-state index in [1.807, 2.05) is 0 Å². The van der Waals surface area contributed by atoms with Crippen molar-refractivity contribution in [2.45, 2.75) is 26.1 Å². The van der Waals surface area contributed by atoms with E-state index in [0.717, 1.165) is 0 Å². The topological polar surface area (TPSA) is 133 Å². The summed E-state index contributed by atoms with van der Waals surface area (Å²) in [5, 5.41) is 21.7. The van der Waals surface area contributed by atoms with Gasteiger partial charge in [0, 0.05) is 12.8 Å². The lowest BCUT2D eigenvalue weighted by Crippen LogP contribution is -2.44. The van der Waals surface area contributed by atoms with E-state index in [1.165, 1.54) is 24.9 Å². The molecule has 8 nitrogen and oxygen atoms in total. The monoisotopic (exact) mass is 577 g/mol. The van der Waals surface area contributed by atoms with Gasteiger partial charge >= 0.3 is 5.97 Å². The normalized spacial score (nSPS) is 14.0. The van der Waals surface area contributed by atoms with E-state index < -0.39 is 25.3 Å². The molecule has 0 aromatic heterocycles. The molecule has 168 valence electrons. The van der Waals surface area contributed by atoms with Crippen molar-refractivity contribution in [1.29, 1.82) is 0 Å². The first-order chi connectivity index (χ1) is 14.3. The van der Waals surface area contributed by atoms with Crippen LogP contribution in [-0.2, 0) is 15.5 Å². The molecule has 0 bridgehead atoms. The number of nitrogens with one attached hydrogen (secondary N) is 1. The highest BCUT2D eigenvalue weighted by Gasteiger charge is 2.25. The predicted molar refractivity (Wildman–Crippen MR) is 123 cm³/mol. The molecule has 2 aromatic carbocycles. The van der Waals surface area contributed by atoms with Gasteiger partial charge in [-0.25, -0.2) is 4.79 Å². The quantitative estimate of drug-likeness (QED) is 0.326. The Hall–Kier alpha value is -1.87. The lowest BCUT2D eigenvalue weighted by molar-refractivity contribution is -0.140. The Morgan fingerprint density at radius 3 is 2.23 bits per heavy atom. The SMILES string of the molecule is CC(C)C(NC(=O)c1cc(Oc2c(Br)cc(CP(C)(=O)O)cc2Br)ccc1O)C(=O)O. The van der Waals surface area contributed by atoms with Gasteiger partial charge in [-0.05, 0) is 73.7 Å². The number of carbonyl (C=O) groups is 2. The van der Waals surface area contributed by atoms with Gasteiger partial charge in [-0.2, -0.15) is 0 Å². The van der Waals surface area contributed by atoms with E-state index in [4.69, 9.17) is 4.74 Å². The molecule has 0 aliphatic heterocycles. The molecule has 4 N–H and O–H groups in total. The van der Waals surface area contributed by atoms with E-state index >= 15 is 0 Å². The highest BCUT2D eigenvalue weighted by molar-refractivity contribution is 9.11. The van der Waals surface area contributed by atoms with Gasteiger partial charge in [0.1, 0.15) is 17.5 Å². The summed E-state index contributed by atoms with van der Waals surface area (Å²) < 4.78 is 18.5. The largest absolute Gasteiger partial charge is 0.507 e. The van der Waals surface area contributed by atoms with Crippen molar-refractivity contribution in [3.63, 3.8) is 0 Å². The molecule has 11 heteroatoms. The molecule has 0 saturated heterocycles. The van der Waals surface area contributed by atoms with Gasteiger partial charge in [0.2, 0.25) is 7.37 Å². The van der Waals surface area contributed by atoms with Crippen LogP contribution in [0.5, 0.6) is 17.2 Å². The maximum atomic E-state index is 12.5. The molecular formula is C20H22Br2NO7P. The Labute approximate surface area is 196 Å². The molecule has 2 aromatic rings. The number of ether oxygens (including phenoxy) is 1. The number of phenols is 1. The maximum absolute atomic E-state index is 12.5. The van der Waals surface area contributed by atoms with Crippen molar-refractivity contribution < 1.29 is 34.0 Å². The Balaban J connectivity index is 2.31. The molecule has 0 radical (unpaired) electrons. The third-order valence-corrected chi connectivity index (χ3v) is 6.32. The van der Waals surface area contributed by atoms with Gasteiger partial charge < -0.3 is 25.2 Å². The van der Waals surface area contributed by atoms with Gasteiger partial charge in [0.05, 0.1) is 14.5 Å². The molecular weight excluding hydrogens is 557 g/mol. The number of amides is 1. The number of rotatable bonds is 8. The van der Waals surface area contributed by atoms with Crippen LogP contribution in [-0.4, -0.2) is 39.7 Å². The maximum Gasteiger partial charge on any atom is 0.326 e. The molecule has 0 saturated carbocycles. The van der Waals surface area contributed by atoms with Crippen molar-refractivity contribution in [3.8, 4) is 17.2 Å². The van der Waals surface area contributed by atoms with E-state index in [9.17, 15) is 29.3 Å². The molecule has 2 rings (SSSR count). The second kappa shape index (κ2) is 10.2. The lowest BCUT2D eigenvalue weighted by atomic mass is 10.0. The predicted octanol–water partition coefficient (Wildman–Crippen LogP) is 4.95. The smallest absolute Gasteiger partial charge is 0.326 e. The highest BCUT2D eigenvalue weighted by atomic mass is 79.9. The zero-order chi connectivity index (χ0) is 23.5. The van der Waals surface area contributed by atoms with Crippen LogP contribution in [0.25, 0.3) is 0 Å². The Bertz CT molecular complexity index is 1030. The number of carboxylic acid groups (broad SMARTS) is 1. The average Bonchev–Trinajstić information content (AvgIpc) is 2.61. The fourth-order valence-electron chi connectivity index (χ4n) is 2.75. The second-order valence-electron chi connectivity index (χ2n) is 7.41. The van der Waals surface area contributed by atoms with Gasteiger partial charge in [-0.3, -0.25) is 9.36 Å². The molecule has 0 heterocycles. The number of hydrogen-bond acceptors (Lipinski definition) is 5. The number of aromatic hydroxyl groups is 1. The summed E-state index contributed by atoms with van der Waals surface area (Å²) in [5.74, 6) is -2.03. The minimum atomic E-state index is -3.25. The van der Waals surface area contributed by atoms with Gasteiger partial charge in [-0.15, -0.1) is 0 Å².